The number of nitrogens with zero attached hydrogens (tertiary/aromatic N) is 1. The standard InChI is InChI=1S/C16H25NO2/c1-15(2)12-9-10-16(15,3)14(19)17(13(12)18)11-7-5-4-6-8-11/h11-12H,4-10H2,1-3H3. The van der Waals surface area contributed by atoms with Crippen LogP contribution in [0.15, 0.2) is 0 Å². The summed E-state index contributed by atoms with van der Waals surface area (Å²) in [6.07, 6.45) is 7.36. The van der Waals surface area contributed by atoms with Crippen molar-refractivity contribution in [2.24, 2.45) is 16.7 Å². The normalized spacial score (nSPS) is 38.9. The van der Waals surface area contributed by atoms with Gasteiger partial charge in [0.2, 0.25) is 11.8 Å². The van der Waals surface area contributed by atoms with E-state index in [4.69, 9.17) is 0 Å². The highest BCUT2D eigenvalue weighted by atomic mass is 16.2. The molecule has 3 fully saturated rings. The van der Waals surface area contributed by atoms with Gasteiger partial charge in [-0.15, -0.1) is 0 Å². The average Bonchev–Trinajstić information content (AvgIpc) is 2.56. The third-order valence-electron chi connectivity index (χ3n) is 6.39. The van der Waals surface area contributed by atoms with E-state index in [-0.39, 0.29) is 34.6 Å². The molecule has 0 aromatic carbocycles. The quantitative estimate of drug-likeness (QED) is 0.682. The Morgan fingerprint density at radius 2 is 1.63 bits per heavy atom. The highest BCUT2D eigenvalue weighted by Gasteiger charge is 2.65. The minimum atomic E-state index is -0.330. The summed E-state index contributed by atoms with van der Waals surface area (Å²) in [6.45, 7) is 6.30. The van der Waals surface area contributed by atoms with Crippen LogP contribution in [0.4, 0.5) is 0 Å². The molecule has 3 nitrogen and oxygen atoms in total. The van der Waals surface area contributed by atoms with Crippen LogP contribution in [0.1, 0.15) is 65.7 Å². The molecule has 2 saturated carbocycles. The summed E-state index contributed by atoms with van der Waals surface area (Å²) in [5.74, 6) is 0.289. The smallest absolute Gasteiger partial charge is 0.235 e. The van der Waals surface area contributed by atoms with Crippen molar-refractivity contribution in [3.63, 3.8) is 0 Å². The summed E-state index contributed by atoms with van der Waals surface area (Å²) in [5, 5.41) is 0. The van der Waals surface area contributed by atoms with Gasteiger partial charge < -0.3 is 0 Å². The summed E-state index contributed by atoms with van der Waals surface area (Å²) in [6, 6.07) is 0.185. The summed E-state index contributed by atoms with van der Waals surface area (Å²) in [5.41, 5.74) is -0.505. The van der Waals surface area contributed by atoms with E-state index in [1.54, 1.807) is 4.90 Å². The molecule has 2 unspecified atom stereocenters. The number of carbonyl (C=O) groups excluding carboxylic acids is 2. The van der Waals surface area contributed by atoms with E-state index in [1.165, 1.54) is 6.42 Å². The van der Waals surface area contributed by atoms with E-state index in [0.717, 1.165) is 38.5 Å². The first-order chi connectivity index (χ1) is 8.89. The van der Waals surface area contributed by atoms with Gasteiger partial charge in [0.15, 0.2) is 0 Å². The molecule has 1 aliphatic heterocycles. The average molecular weight is 263 g/mol. The van der Waals surface area contributed by atoms with Crippen LogP contribution in [0.3, 0.4) is 0 Å². The molecule has 2 amide bonds. The summed E-state index contributed by atoms with van der Waals surface area (Å²) >= 11 is 0. The Morgan fingerprint density at radius 3 is 2.26 bits per heavy atom. The predicted molar refractivity (Wildman–Crippen MR) is 73.3 cm³/mol. The fraction of sp³-hybridized carbons (Fsp3) is 0.875. The minimum Gasteiger partial charge on any atom is -0.279 e. The van der Waals surface area contributed by atoms with E-state index < -0.39 is 0 Å². The van der Waals surface area contributed by atoms with Crippen molar-refractivity contribution in [2.45, 2.75) is 71.8 Å². The van der Waals surface area contributed by atoms with Gasteiger partial charge in [-0.25, -0.2) is 0 Å². The van der Waals surface area contributed by atoms with Crippen LogP contribution < -0.4 is 0 Å². The molecule has 2 bridgehead atoms. The lowest BCUT2D eigenvalue weighted by molar-refractivity contribution is -0.171. The molecule has 3 aliphatic rings. The van der Waals surface area contributed by atoms with Gasteiger partial charge in [0.05, 0.1) is 5.41 Å². The molecule has 3 heteroatoms. The zero-order chi connectivity index (χ0) is 13.8. The van der Waals surface area contributed by atoms with Gasteiger partial charge in [0, 0.05) is 12.0 Å². The van der Waals surface area contributed by atoms with E-state index in [0.29, 0.717) is 0 Å². The molecule has 0 radical (unpaired) electrons. The fourth-order valence-electron chi connectivity index (χ4n) is 4.53. The number of amides is 2. The first-order valence-corrected chi connectivity index (χ1v) is 7.77. The second-order valence-corrected chi connectivity index (χ2v) is 7.45. The molecule has 1 saturated heterocycles. The van der Waals surface area contributed by atoms with Crippen molar-refractivity contribution in [3.05, 3.63) is 0 Å². The van der Waals surface area contributed by atoms with Crippen LogP contribution in [0, 0.1) is 16.7 Å². The summed E-state index contributed by atoms with van der Waals surface area (Å²) in [7, 11) is 0. The number of rotatable bonds is 1. The Bertz CT molecular complexity index is 422. The maximum Gasteiger partial charge on any atom is 0.235 e. The molecular weight excluding hydrogens is 238 g/mol. The zero-order valence-electron chi connectivity index (χ0n) is 12.4. The summed E-state index contributed by atoms with van der Waals surface area (Å²) in [4.78, 5) is 27.4. The van der Waals surface area contributed by atoms with Gasteiger partial charge in [-0.2, -0.15) is 0 Å². The van der Waals surface area contributed by atoms with Gasteiger partial charge in [0.25, 0.3) is 0 Å². The number of hydrogen-bond donors (Lipinski definition) is 0. The predicted octanol–water partition coefficient (Wildman–Crippen LogP) is 3.13. The van der Waals surface area contributed by atoms with Crippen LogP contribution in [0.25, 0.3) is 0 Å². The van der Waals surface area contributed by atoms with Crippen LogP contribution in [-0.2, 0) is 9.59 Å². The molecule has 0 aromatic rings. The SMILES string of the molecule is CC12CCC(C(=O)N(C3CCCCC3)C1=O)C2(C)C. The second kappa shape index (κ2) is 4.07. The van der Waals surface area contributed by atoms with E-state index in [9.17, 15) is 9.59 Å². The lowest BCUT2D eigenvalue weighted by Crippen LogP contribution is -2.61. The van der Waals surface area contributed by atoms with Crippen LogP contribution in [0.2, 0.25) is 0 Å². The van der Waals surface area contributed by atoms with Gasteiger partial charge in [-0.1, -0.05) is 40.0 Å². The van der Waals surface area contributed by atoms with Crippen molar-refractivity contribution in [2.75, 3.05) is 0 Å². The number of carbonyl (C=O) groups is 2. The second-order valence-electron chi connectivity index (χ2n) is 7.45. The lowest BCUT2D eigenvalue weighted by atomic mass is 9.62. The Labute approximate surface area is 115 Å². The Kier molecular flexibility index (Phi) is 2.81. The molecule has 106 valence electrons. The van der Waals surface area contributed by atoms with E-state index in [2.05, 4.69) is 20.8 Å². The number of fused-ring (bicyclic) bond motifs is 2. The number of imide groups is 1. The molecule has 3 rings (SSSR count). The maximum atomic E-state index is 12.9. The van der Waals surface area contributed by atoms with Gasteiger partial charge >= 0.3 is 0 Å². The van der Waals surface area contributed by atoms with E-state index in [1.807, 2.05) is 0 Å². The lowest BCUT2D eigenvalue weighted by Gasteiger charge is -2.50. The molecule has 19 heavy (non-hydrogen) atoms. The number of piperidine rings is 1. The maximum absolute atomic E-state index is 12.9. The summed E-state index contributed by atoms with van der Waals surface area (Å²) < 4.78 is 0. The van der Waals surface area contributed by atoms with Crippen LogP contribution >= 0.6 is 0 Å². The highest BCUT2D eigenvalue weighted by molar-refractivity contribution is 6.04. The molecule has 2 aliphatic carbocycles. The monoisotopic (exact) mass is 263 g/mol. The Hall–Kier alpha value is -0.860. The molecule has 2 atom stereocenters. The third kappa shape index (κ3) is 1.56. The first-order valence-electron chi connectivity index (χ1n) is 7.77. The minimum absolute atomic E-state index is 0.0529. The van der Waals surface area contributed by atoms with Crippen molar-refractivity contribution >= 4 is 11.8 Å². The highest BCUT2D eigenvalue weighted by Crippen LogP contribution is 2.60. The third-order valence-corrected chi connectivity index (χ3v) is 6.39. The number of likely N-dealkylation sites (tertiary alicyclic amines) is 1. The number of hydrogen-bond acceptors (Lipinski definition) is 2. The van der Waals surface area contributed by atoms with Gasteiger partial charge in [0.1, 0.15) is 0 Å². The van der Waals surface area contributed by atoms with E-state index >= 15 is 0 Å². The molecular formula is C16H25NO2. The Morgan fingerprint density at radius 1 is 1.00 bits per heavy atom. The molecule has 1 heterocycles. The van der Waals surface area contributed by atoms with Crippen molar-refractivity contribution < 1.29 is 9.59 Å². The topological polar surface area (TPSA) is 37.4 Å². The van der Waals surface area contributed by atoms with Crippen molar-refractivity contribution in [1.29, 1.82) is 0 Å². The first kappa shape index (κ1) is 13.1. The van der Waals surface area contributed by atoms with Crippen molar-refractivity contribution in [1.82, 2.24) is 4.90 Å². The fourth-order valence-corrected chi connectivity index (χ4v) is 4.53. The molecule has 0 spiro atoms. The molecule has 0 aromatic heterocycles. The van der Waals surface area contributed by atoms with Crippen LogP contribution in [0.5, 0.6) is 0 Å². The molecule has 0 N–H and O–H groups in total. The van der Waals surface area contributed by atoms with Crippen molar-refractivity contribution in [3.8, 4) is 0 Å². The Balaban J connectivity index is 1.96. The van der Waals surface area contributed by atoms with Crippen LogP contribution in [-0.4, -0.2) is 22.8 Å². The van der Waals surface area contributed by atoms with Gasteiger partial charge in [-0.3, -0.25) is 14.5 Å². The van der Waals surface area contributed by atoms with Gasteiger partial charge in [-0.05, 0) is 31.1 Å². The largest absolute Gasteiger partial charge is 0.279 e. The zero-order valence-corrected chi connectivity index (χ0v) is 12.4.